The molecule has 2 unspecified atom stereocenters. The summed E-state index contributed by atoms with van der Waals surface area (Å²) < 4.78 is 35.4. The largest absolute Gasteiger partial charge is 0.401 e. The van der Waals surface area contributed by atoms with Crippen molar-refractivity contribution in [2.24, 2.45) is 11.8 Å². The number of alkyl halides is 3. The topological polar surface area (TPSA) is 15.3 Å². The summed E-state index contributed by atoms with van der Waals surface area (Å²) in [5.41, 5.74) is 0. The van der Waals surface area contributed by atoms with Crippen LogP contribution in [0.4, 0.5) is 13.2 Å². The Morgan fingerprint density at radius 3 is 2.20 bits per heavy atom. The number of rotatable bonds is 4. The van der Waals surface area contributed by atoms with Crippen LogP contribution in [0.2, 0.25) is 0 Å². The van der Waals surface area contributed by atoms with E-state index in [9.17, 15) is 13.2 Å². The van der Waals surface area contributed by atoms with Gasteiger partial charge >= 0.3 is 6.18 Å². The SMILES string of the molecule is CC1CN(CCNCC(F)(F)F)CC1C. The van der Waals surface area contributed by atoms with Crippen LogP contribution < -0.4 is 5.32 Å². The standard InChI is InChI=1S/C10H19F3N2/c1-8-5-15(6-9(8)2)4-3-14-7-10(11,12)13/h8-9,14H,3-7H2,1-2H3. The molecule has 90 valence electrons. The second kappa shape index (κ2) is 5.16. The molecule has 1 N–H and O–H groups in total. The van der Waals surface area contributed by atoms with Crippen LogP contribution in [0.3, 0.4) is 0 Å². The lowest BCUT2D eigenvalue weighted by Gasteiger charge is -2.16. The normalized spacial score (nSPS) is 28.6. The van der Waals surface area contributed by atoms with Crippen LogP contribution in [0.15, 0.2) is 0 Å². The third-order valence-electron chi connectivity index (χ3n) is 2.99. The first-order valence-corrected chi connectivity index (χ1v) is 5.38. The maximum atomic E-state index is 11.8. The van der Waals surface area contributed by atoms with Crippen LogP contribution in [-0.2, 0) is 0 Å². The second-order valence-corrected chi connectivity index (χ2v) is 4.51. The Hall–Kier alpha value is -0.290. The van der Waals surface area contributed by atoms with Gasteiger partial charge in [0.25, 0.3) is 0 Å². The minimum atomic E-state index is -4.09. The molecule has 15 heavy (non-hydrogen) atoms. The predicted octanol–water partition coefficient (Wildman–Crippen LogP) is 1.73. The summed E-state index contributed by atoms with van der Waals surface area (Å²) in [7, 11) is 0. The van der Waals surface area contributed by atoms with E-state index in [-0.39, 0.29) is 0 Å². The molecule has 0 amide bonds. The van der Waals surface area contributed by atoms with Gasteiger partial charge in [0.05, 0.1) is 6.54 Å². The van der Waals surface area contributed by atoms with E-state index in [1.807, 2.05) is 0 Å². The van der Waals surface area contributed by atoms with E-state index in [0.717, 1.165) is 13.1 Å². The lowest BCUT2D eigenvalue weighted by Crippen LogP contribution is -2.35. The summed E-state index contributed by atoms with van der Waals surface area (Å²) in [6.07, 6.45) is -4.09. The molecule has 2 atom stereocenters. The Kier molecular flexibility index (Phi) is 4.40. The van der Waals surface area contributed by atoms with Gasteiger partial charge in [0, 0.05) is 26.2 Å². The molecule has 1 fully saturated rings. The van der Waals surface area contributed by atoms with Crippen molar-refractivity contribution in [1.82, 2.24) is 10.2 Å². The fraction of sp³-hybridized carbons (Fsp3) is 1.00. The number of hydrogen-bond donors (Lipinski definition) is 1. The van der Waals surface area contributed by atoms with Gasteiger partial charge in [-0.1, -0.05) is 13.8 Å². The maximum Gasteiger partial charge on any atom is 0.401 e. The summed E-state index contributed by atoms with van der Waals surface area (Å²) in [4.78, 5) is 2.22. The summed E-state index contributed by atoms with van der Waals surface area (Å²) in [5.74, 6) is 1.32. The molecule has 1 heterocycles. The van der Waals surface area contributed by atoms with Gasteiger partial charge in [0.15, 0.2) is 0 Å². The number of nitrogens with one attached hydrogen (secondary N) is 1. The van der Waals surface area contributed by atoms with Gasteiger partial charge in [-0.05, 0) is 11.8 Å². The molecule has 1 saturated heterocycles. The first-order chi connectivity index (χ1) is 6.88. The zero-order valence-corrected chi connectivity index (χ0v) is 9.27. The van der Waals surface area contributed by atoms with Crippen molar-refractivity contribution < 1.29 is 13.2 Å². The van der Waals surface area contributed by atoms with E-state index >= 15 is 0 Å². The van der Waals surface area contributed by atoms with Crippen molar-refractivity contribution >= 4 is 0 Å². The van der Waals surface area contributed by atoms with E-state index in [4.69, 9.17) is 0 Å². The molecule has 0 bridgehead atoms. The Morgan fingerprint density at radius 1 is 1.20 bits per heavy atom. The number of hydrogen-bond acceptors (Lipinski definition) is 2. The minimum absolute atomic E-state index is 0.416. The van der Waals surface area contributed by atoms with Gasteiger partial charge in [-0.3, -0.25) is 0 Å². The smallest absolute Gasteiger partial charge is 0.307 e. The minimum Gasteiger partial charge on any atom is -0.307 e. The molecule has 2 nitrogen and oxygen atoms in total. The monoisotopic (exact) mass is 224 g/mol. The van der Waals surface area contributed by atoms with E-state index < -0.39 is 12.7 Å². The molecular weight excluding hydrogens is 205 g/mol. The molecule has 0 aliphatic carbocycles. The third kappa shape index (κ3) is 4.84. The van der Waals surface area contributed by atoms with Crippen molar-refractivity contribution in [3.63, 3.8) is 0 Å². The van der Waals surface area contributed by atoms with E-state index in [1.165, 1.54) is 0 Å². The maximum absolute atomic E-state index is 11.8. The highest BCUT2D eigenvalue weighted by Gasteiger charge is 2.27. The third-order valence-corrected chi connectivity index (χ3v) is 2.99. The van der Waals surface area contributed by atoms with Crippen LogP contribution in [-0.4, -0.2) is 43.8 Å². The molecule has 1 aliphatic rings. The lowest BCUT2D eigenvalue weighted by molar-refractivity contribution is -0.124. The van der Waals surface area contributed by atoms with Crippen molar-refractivity contribution in [2.75, 3.05) is 32.7 Å². The Labute approximate surface area is 88.8 Å². The highest BCUT2D eigenvalue weighted by atomic mass is 19.4. The van der Waals surface area contributed by atoms with Gasteiger partial charge in [-0.15, -0.1) is 0 Å². The Morgan fingerprint density at radius 2 is 1.73 bits per heavy atom. The molecule has 0 aromatic rings. The van der Waals surface area contributed by atoms with Gasteiger partial charge in [-0.25, -0.2) is 0 Å². The van der Waals surface area contributed by atoms with E-state index in [2.05, 4.69) is 24.1 Å². The quantitative estimate of drug-likeness (QED) is 0.731. The average molecular weight is 224 g/mol. The van der Waals surface area contributed by atoms with E-state index in [0.29, 0.717) is 24.9 Å². The zero-order valence-electron chi connectivity index (χ0n) is 9.27. The first kappa shape index (κ1) is 12.8. The Balaban J connectivity index is 2.07. The molecule has 5 heteroatoms. The zero-order chi connectivity index (χ0) is 11.5. The number of likely N-dealkylation sites (tertiary alicyclic amines) is 1. The van der Waals surface area contributed by atoms with Gasteiger partial charge in [0.1, 0.15) is 0 Å². The van der Waals surface area contributed by atoms with Crippen LogP contribution in [0.25, 0.3) is 0 Å². The Bertz CT molecular complexity index is 184. The lowest BCUT2D eigenvalue weighted by atomic mass is 10.0. The molecule has 0 saturated carbocycles. The second-order valence-electron chi connectivity index (χ2n) is 4.51. The van der Waals surface area contributed by atoms with Crippen molar-refractivity contribution in [3.8, 4) is 0 Å². The number of halogens is 3. The van der Waals surface area contributed by atoms with Gasteiger partial charge in [0.2, 0.25) is 0 Å². The molecule has 1 rings (SSSR count). The molecule has 0 aromatic heterocycles. The fourth-order valence-corrected chi connectivity index (χ4v) is 1.90. The number of nitrogens with zero attached hydrogens (tertiary/aromatic N) is 1. The van der Waals surface area contributed by atoms with Crippen LogP contribution in [0.1, 0.15) is 13.8 Å². The summed E-state index contributed by atoms with van der Waals surface area (Å²) in [6.45, 7) is 6.64. The van der Waals surface area contributed by atoms with Gasteiger partial charge < -0.3 is 10.2 Å². The van der Waals surface area contributed by atoms with Crippen molar-refractivity contribution in [2.45, 2.75) is 20.0 Å². The summed E-state index contributed by atoms with van der Waals surface area (Å²) >= 11 is 0. The molecule has 0 spiro atoms. The predicted molar refractivity (Wildman–Crippen MR) is 53.7 cm³/mol. The van der Waals surface area contributed by atoms with E-state index in [1.54, 1.807) is 0 Å². The highest BCUT2D eigenvalue weighted by molar-refractivity contribution is 4.78. The molecular formula is C10H19F3N2. The van der Waals surface area contributed by atoms with Crippen LogP contribution >= 0.6 is 0 Å². The van der Waals surface area contributed by atoms with Gasteiger partial charge in [-0.2, -0.15) is 13.2 Å². The highest BCUT2D eigenvalue weighted by Crippen LogP contribution is 2.21. The summed E-state index contributed by atoms with van der Waals surface area (Å²) in [5, 5.41) is 2.42. The molecule has 0 aromatic carbocycles. The van der Waals surface area contributed by atoms with Crippen LogP contribution in [0.5, 0.6) is 0 Å². The van der Waals surface area contributed by atoms with Crippen molar-refractivity contribution in [3.05, 3.63) is 0 Å². The molecule has 0 radical (unpaired) electrons. The van der Waals surface area contributed by atoms with Crippen LogP contribution in [0, 0.1) is 11.8 Å². The molecule has 1 aliphatic heterocycles. The average Bonchev–Trinajstić information content (AvgIpc) is 2.39. The fourth-order valence-electron chi connectivity index (χ4n) is 1.90. The van der Waals surface area contributed by atoms with Crippen molar-refractivity contribution in [1.29, 1.82) is 0 Å². The summed E-state index contributed by atoms with van der Waals surface area (Å²) in [6, 6.07) is 0. The first-order valence-electron chi connectivity index (χ1n) is 5.38.